The minimum atomic E-state index is -0.800. The van der Waals surface area contributed by atoms with Gasteiger partial charge >= 0.3 is 0 Å². The molecule has 1 saturated heterocycles. The zero-order valence-corrected chi connectivity index (χ0v) is 15.1. The summed E-state index contributed by atoms with van der Waals surface area (Å²) in [6.45, 7) is 1.17. The minimum absolute atomic E-state index is 0.0497. The Morgan fingerprint density at radius 1 is 1.16 bits per heavy atom. The van der Waals surface area contributed by atoms with Crippen molar-refractivity contribution in [2.24, 2.45) is 0 Å². The average Bonchev–Trinajstić information content (AvgIpc) is 2.64. The molecular weight excluding hydrogens is 361 g/mol. The summed E-state index contributed by atoms with van der Waals surface area (Å²) in [5, 5.41) is 10.4. The zero-order valence-electron chi connectivity index (χ0n) is 13.6. The molecule has 6 heteroatoms. The Morgan fingerprint density at radius 3 is 2.60 bits per heavy atom. The van der Waals surface area contributed by atoms with Gasteiger partial charge in [0.2, 0.25) is 0 Å². The molecular formula is C19H19Cl2NO3. The van der Waals surface area contributed by atoms with Gasteiger partial charge in [-0.3, -0.25) is 4.79 Å². The highest BCUT2D eigenvalue weighted by atomic mass is 35.5. The second-order valence-electron chi connectivity index (χ2n) is 6.04. The average molecular weight is 380 g/mol. The van der Waals surface area contributed by atoms with Crippen LogP contribution in [0.2, 0.25) is 10.0 Å². The smallest absolute Gasteiger partial charge is 0.254 e. The van der Waals surface area contributed by atoms with E-state index in [1.54, 1.807) is 29.2 Å². The Labute approximate surface area is 156 Å². The summed E-state index contributed by atoms with van der Waals surface area (Å²) < 4.78 is 6.05. The van der Waals surface area contributed by atoms with E-state index < -0.39 is 5.60 Å². The van der Waals surface area contributed by atoms with Gasteiger partial charge in [-0.1, -0.05) is 47.5 Å². The Kier molecular flexibility index (Phi) is 5.64. The molecule has 0 bridgehead atoms. The Bertz CT molecular complexity index is 750. The van der Waals surface area contributed by atoms with Crippen molar-refractivity contribution in [3.8, 4) is 0 Å². The van der Waals surface area contributed by atoms with Gasteiger partial charge < -0.3 is 14.7 Å². The van der Waals surface area contributed by atoms with Crippen LogP contribution in [0, 0.1) is 0 Å². The molecule has 0 aromatic heterocycles. The maximum absolute atomic E-state index is 12.8. The van der Waals surface area contributed by atoms with Crippen LogP contribution in [0.4, 0.5) is 0 Å². The highest BCUT2D eigenvalue weighted by molar-refractivity contribution is 6.42. The molecule has 1 N–H and O–H groups in total. The van der Waals surface area contributed by atoms with Gasteiger partial charge in [0, 0.05) is 25.1 Å². The normalized spacial score (nSPS) is 20.5. The molecule has 3 rings (SSSR count). The molecule has 1 atom stereocenters. The van der Waals surface area contributed by atoms with E-state index in [9.17, 15) is 9.90 Å². The third kappa shape index (κ3) is 3.82. The number of rotatable bonds is 4. The summed E-state index contributed by atoms with van der Waals surface area (Å²) in [6.07, 6.45) is 0.365. The van der Waals surface area contributed by atoms with Crippen LogP contribution in [0.3, 0.4) is 0 Å². The molecule has 0 radical (unpaired) electrons. The molecule has 1 amide bonds. The van der Waals surface area contributed by atoms with E-state index in [-0.39, 0.29) is 12.5 Å². The highest BCUT2D eigenvalue weighted by Gasteiger charge is 2.40. The molecule has 2 aromatic carbocycles. The lowest BCUT2D eigenvalue weighted by molar-refractivity contribution is -0.115. The molecule has 132 valence electrons. The molecule has 1 aliphatic rings. The number of halogens is 2. The van der Waals surface area contributed by atoms with Crippen LogP contribution in [-0.4, -0.2) is 42.2 Å². The topological polar surface area (TPSA) is 49.8 Å². The molecule has 1 heterocycles. The lowest BCUT2D eigenvalue weighted by atomic mass is 9.88. The molecule has 4 nitrogen and oxygen atoms in total. The number of hydrogen-bond acceptors (Lipinski definition) is 3. The van der Waals surface area contributed by atoms with Gasteiger partial charge in [-0.15, -0.1) is 0 Å². The predicted molar refractivity (Wildman–Crippen MR) is 98.1 cm³/mol. The fourth-order valence-electron chi connectivity index (χ4n) is 3.15. The number of nitrogens with zero attached hydrogens (tertiary/aromatic N) is 1. The first-order chi connectivity index (χ1) is 12.1. The fourth-order valence-corrected chi connectivity index (χ4v) is 3.45. The SMILES string of the molecule is O=C(c1ccccc1)N1CCOC(CCO)(c2ccc(Cl)c(Cl)c2)C1. The van der Waals surface area contributed by atoms with Crippen molar-refractivity contribution in [3.05, 3.63) is 69.7 Å². The van der Waals surface area contributed by atoms with Gasteiger partial charge in [-0.2, -0.15) is 0 Å². The molecule has 0 saturated carbocycles. The minimum Gasteiger partial charge on any atom is -0.396 e. The first-order valence-electron chi connectivity index (χ1n) is 8.10. The standard InChI is InChI=1S/C19H19Cl2NO3/c20-16-7-6-15(12-17(16)21)19(8-10-23)13-22(9-11-25-19)18(24)14-4-2-1-3-5-14/h1-7,12,23H,8-11,13H2. The summed E-state index contributed by atoms with van der Waals surface area (Å²) in [6, 6.07) is 14.4. The third-order valence-electron chi connectivity index (χ3n) is 4.46. The Morgan fingerprint density at radius 2 is 1.92 bits per heavy atom. The van der Waals surface area contributed by atoms with Crippen molar-refractivity contribution in [3.63, 3.8) is 0 Å². The maximum Gasteiger partial charge on any atom is 0.254 e. The van der Waals surface area contributed by atoms with Gasteiger partial charge in [0.15, 0.2) is 0 Å². The van der Waals surface area contributed by atoms with Crippen LogP contribution in [0.5, 0.6) is 0 Å². The number of hydrogen-bond donors (Lipinski definition) is 1. The monoisotopic (exact) mass is 379 g/mol. The predicted octanol–water partition coefficient (Wildman–Crippen LogP) is 3.74. The van der Waals surface area contributed by atoms with Crippen molar-refractivity contribution in [2.75, 3.05) is 26.3 Å². The van der Waals surface area contributed by atoms with Gasteiger partial charge in [0.05, 0.1) is 23.2 Å². The van der Waals surface area contributed by atoms with Gasteiger partial charge in [-0.25, -0.2) is 0 Å². The summed E-state index contributed by atoms with van der Waals surface area (Å²) in [5.74, 6) is -0.0497. The second kappa shape index (κ2) is 7.75. The highest BCUT2D eigenvalue weighted by Crippen LogP contribution is 2.36. The van der Waals surface area contributed by atoms with E-state index in [2.05, 4.69) is 0 Å². The lowest BCUT2D eigenvalue weighted by Crippen LogP contribution is -2.52. The summed E-state index contributed by atoms with van der Waals surface area (Å²) in [5.41, 5.74) is 0.643. The van der Waals surface area contributed by atoms with Crippen LogP contribution in [0.1, 0.15) is 22.3 Å². The molecule has 1 fully saturated rings. The molecule has 0 aliphatic carbocycles. The van der Waals surface area contributed by atoms with Crippen molar-refractivity contribution in [2.45, 2.75) is 12.0 Å². The Hall–Kier alpha value is -1.59. The van der Waals surface area contributed by atoms with E-state index in [4.69, 9.17) is 27.9 Å². The summed E-state index contributed by atoms with van der Waals surface area (Å²) in [4.78, 5) is 14.6. The summed E-state index contributed by atoms with van der Waals surface area (Å²) >= 11 is 12.2. The van der Waals surface area contributed by atoms with Crippen molar-refractivity contribution < 1.29 is 14.6 Å². The van der Waals surface area contributed by atoms with Gasteiger partial charge in [0.1, 0.15) is 5.60 Å². The number of aliphatic hydroxyl groups excluding tert-OH is 1. The van der Waals surface area contributed by atoms with Crippen LogP contribution >= 0.6 is 23.2 Å². The van der Waals surface area contributed by atoms with Crippen molar-refractivity contribution >= 4 is 29.1 Å². The van der Waals surface area contributed by atoms with E-state index in [0.717, 1.165) is 5.56 Å². The van der Waals surface area contributed by atoms with Crippen LogP contribution in [-0.2, 0) is 10.3 Å². The van der Waals surface area contributed by atoms with Crippen LogP contribution in [0.25, 0.3) is 0 Å². The first-order valence-corrected chi connectivity index (χ1v) is 8.86. The largest absolute Gasteiger partial charge is 0.396 e. The first kappa shape index (κ1) is 18.2. The van der Waals surface area contributed by atoms with E-state index >= 15 is 0 Å². The maximum atomic E-state index is 12.8. The Balaban J connectivity index is 1.91. The van der Waals surface area contributed by atoms with Crippen molar-refractivity contribution in [1.82, 2.24) is 4.90 Å². The fraction of sp³-hybridized carbons (Fsp3) is 0.316. The number of carbonyl (C=O) groups excluding carboxylic acids is 1. The van der Waals surface area contributed by atoms with Gasteiger partial charge in [-0.05, 0) is 29.8 Å². The number of benzene rings is 2. The molecule has 0 spiro atoms. The number of ether oxygens (including phenoxy) is 1. The zero-order chi connectivity index (χ0) is 17.9. The third-order valence-corrected chi connectivity index (χ3v) is 5.19. The summed E-state index contributed by atoms with van der Waals surface area (Å²) in [7, 11) is 0. The lowest BCUT2D eigenvalue weighted by Gasteiger charge is -2.43. The molecule has 1 aliphatic heterocycles. The van der Waals surface area contributed by atoms with E-state index in [0.29, 0.717) is 41.7 Å². The molecule has 1 unspecified atom stereocenters. The molecule has 2 aromatic rings. The van der Waals surface area contributed by atoms with Crippen molar-refractivity contribution in [1.29, 1.82) is 0 Å². The van der Waals surface area contributed by atoms with E-state index in [1.807, 2.05) is 24.3 Å². The second-order valence-corrected chi connectivity index (χ2v) is 6.85. The van der Waals surface area contributed by atoms with Gasteiger partial charge in [0.25, 0.3) is 5.91 Å². The number of amides is 1. The molecule has 25 heavy (non-hydrogen) atoms. The number of morpholine rings is 1. The quantitative estimate of drug-likeness (QED) is 0.879. The van der Waals surface area contributed by atoms with Crippen LogP contribution in [0.15, 0.2) is 48.5 Å². The van der Waals surface area contributed by atoms with E-state index in [1.165, 1.54) is 0 Å². The number of aliphatic hydroxyl groups is 1. The number of carbonyl (C=O) groups is 1. The van der Waals surface area contributed by atoms with Crippen LogP contribution < -0.4 is 0 Å².